The molecule has 0 amide bonds. The first kappa shape index (κ1) is 20.7. The van der Waals surface area contributed by atoms with Crippen LogP contribution >= 0.6 is 12.2 Å². The molecule has 0 aliphatic carbocycles. The number of nitrogens with zero attached hydrogens (tertiary/aromatic N) is 3. The van der Waals surface area contributed by atoms with Crippen molar-refractivity contribution in [2.75, 3.05) is 4.90 Å². The second kappa shape index (κ2) is 9.51. The lowest BCUT2D eigenvalue weighted by molar-refractivity contribution is 0.864. The molecule has 4 aromatic carbocycles. The zero-order valence-electron chi connectivity index (χ0n) is 17.9. The van der Waals surface area contributed by atoms with Crippen molar-refractivity contribution in [3.63, 3.8) is 0 Å². The summed E-state index contributed by atoms with van der Waals surface area (Å²) < 4.78 is 2.24. The van der Waals surface area contributed by atoms with Gasteiger partial charge in [-0.15, -0.1) is 0 Å². The summed E-state index contributed by atoms with van der Waals surface area (Å²) in [4.78, 5) is 5.45. The smallest absolute Gasteiger partial charge is 0.198 e. The number of imidazole rings is 1. The molecule has 4 nitrogen and oxygen atoms in total. The fraction of sp³-hybridized carbons (Fsp3) is 0. The van der Waals surface area contributed by atoms with Gasteiger partial charge in [0.15, 0.2) is 4.77 Å². The van der Waals surface area contributed by atoms with E-state index in [1.54, 1.807) is 4.68 Å². The largest absolute Gasteiger partial charge is 0.329 e. The van der Waals surface area contributed by atoms with E-state index in [9.17, 15) is 0 Å². The first-order valence-electron chi connectivity index (χ1n) is 10.7. The first-order chi connectivity index (χ1) is 16.3. The molecule has 5 aromatic rings. The zero-order chi connectivity index (χ0) is 22.5. The van der Waals surface area contributed by atoms with Crippen LogP contribution in [-0.4, -0.2) is 15.9 Å². The molecule has 5 heteroatoms. The summed E-state index contributed by atoms with van der Waals surface area (Å²) in [6.07, 6.45) is 3.73. The third-order valence-electron chi connectivity index (χ3n) is 5.30. The topological polar surface area (TPSA) is 36.3 Å². The molecule has 0 aliphatic rings. The molecule has 0 atom stereocenters. The fourth-order valence-corrected chi connectivity index (χ4v) is 3.89. The number of anilines is 3. The van der Waals surface area contributed by atoms with Crippen LogP contribution in [0.15, 0.2) is 127 Å². The van der Waals surface area contributed by atoms with Crippen LogP contribution in [0.2, 0.25) is 0 Å². The molecule has 160 valence electrons. The molecule has 0 saturated heterocycles. The highest BCUT2D eigenvalue weighted by Crippen LogP contribution is 2.33. The van der Waals surface area contributed by atoms with E-state index in [1.807, 2.05) is 54.9 Å². The SMILES string of the molecule is S=c1[nH]c(-c2ccccc2)cn1N=Cc1ccc(N(c2ccccc2)c2ccccc2)cc1. The van der Waals surface area contributed by atoms with Crippen molar-refractivity contribution in [3.05, 3.63) is 132 Å². The Hall–Kier alpha value is -4.22. The molecule has 0 radical (unpaired) electrons. The van der Waals surface area contributed by atoms with Gasteiger partial charge in [-0.25, -0.2) is 4.68 Å². The highest BCUT2D eigenvalue weighted by molar-refractivity contribution is 7.71. The second-order valence-corrected chi connectivity index (χ2v) is 7.91. The first-order valence-corrected chi connectivity index (χ1v) is 11.1. The maximum Gasteiger partial charge on any atom is 0.198 e. The van der Waals surface area contributed by atoms with Gasteiger partial charge in [-0.05, 0) is 59.7 Å². The molecule has 0 fully saturated rings. The normalized spacial score (nSPS) is 11.0. The second-order valence-electron chi connectivity index (χ2n) is 7.53. The summed E-state index contributed by atoms with van der Waals surface area (Å²) >= 11 is 5.44. The van der Waals surface area contributed by atoms with Crippen molar-refractivity contribution in [3.8, 4) is 11.3 Å². The highest BCUT2D eigenvalue weighted by atomic mass is 32.1. The Morgan fingerprint density at radius 1 is 0.667 bits per heavy atom. The standard InChI is InChI=1S/C28H22N4S/c33-28-30-27(23-10-4-1-5-11-23)21-31(28)29-20-22-16-18-26(19-17-22)32(24-12-6-2-7-13-24)25-14-8-3-9-15-25/h1-21H,(H,30,33). The minimum Gasteiger partial charge on any atom is -0.329 e. The van der Waals surface area contributed by atoms with E-state index in [1.165, 1.54) is 0 Å². The number of H-pyrrole nitrogens is 1. The Morgan fingerprint density at radius 2 is 1.18 bits per heavy atom. The summed E-state index contributed by atoms with van der Waals surface area (Å²) in [5, 5.41) is 4.56. The molecule has 0 spiro atoms. The van der Waals surface area contributed by atoms with Gasteiger partial charge in [-0.1, -0.05) is 78.9 Å². The number of para-hydroxylation sites is 2. The number of nitrogens with one attached hydrogen (secondary N) is 1. The Bertz CT molecular complexity index is 1360. The van der Waals surface area contributed by atoms with Crippen LogP contribution < -0.4 is 4.90 Å². The van der Waals surface area contributed by atoms with Crippen molar-refractivity contribution in [2.45, 2.75) is 0 Å². The molecule has 0 unspecified atom stereocenters. The number of aromatic amines is 1. The Morgan fingerprint density at radius 3 is 1.76 bits per heavy atom. The molecule has 0 saturated carbocycles. The van der Waals surface area contributed by atoms with Gasteiger partial charge in [0.1, 0.15) is 0 Å². The van der Waals surface area contributed by atoms with Crippen molar-refractivity contribution < 1.29 is 0 Å². The van der Waals surface area contributed by atoms with E-state index in [-0.39, 0.29) is 0 Å². The predicted molar refractivity (Wildman–Crippen MR) is 139 cm³/mol. The Balaban J connectivity index is 1.41. The van der Waals surface area contributed by atoms with Gasteiger partial charge in [0, 0.05) is 17.1 Å². The van der Waals surface area contributed by atoms with E-state index in [0.717, 1.165) is 33.9 Å². The molecule has 1 N–H and O–H groups in total. The van der Waals surface area contributed by atoms with Crippen LogP contribution in [-0.2, 0) is 0 Å². The predicted octanol–water partition coefficient (Wildman–Crippen LogP) is 7.56. The van der Waals surface area contributed by atoms with Gasteiger partial charge in [-0.2, -0.15) is 5.10 Å². The van der Waals surface area contributed by atoms with Crippen LogP contribution in [0.25, 0.3) is 11.3 Å². The molecule has 1 heterocycles. The lowest BCUT2D eigenvalue weighted by atomic mass is 10.1. The van der Waals surface area contributed by atoms with Crippen molar-refractivity contribution in [1.29, 1.82) is 0 Å². The lowest BCUT2D eigenvalue weighted by Crippen LogP contribution is -2.09. The summed E-state index contributed by atoms with van der Waals surface area (Å²) in [5.74, 6) is 0. The maximum absolute atomic E-state index is 5.44. The summed E-state index contributed by atoms with van der Waals surface area (Å²) in [6.45, 7) is 0. The van der Waals surface area contributed by atoms with Crippen molar-refractivity contribution >= 4 is 35.5 Å². The summed E-state index contributed by atoms with van der Waals surface area (Å²) in [7, 11) is 0. The van der Waals surface area contributed by atoms with E-state index in [4.69, 9.17) is 12.2 Å². The van der Waals surface area contributed by atoms with E-state index < -0.39 is 0 Å². The average molecular weight is 447 g/mol. The Labute approximate surface area is 198 Å². The number of hydrogen-bond donors (Lipinski definition) is 1. The molecule has 0 bridgehead atoms. The van der Waals surface area contributed by atoms with Gasteiger partial charge in [-0.3, -0.25) is 0 Å². The minimum atomic E-state index is 0.557. The molecule has 33 heavy (non-hydrogen) atoms. The molecular weight excluding hydrogens is 424 g/mol. The van der Waals surface area contributed by atoms with Crippen LogP contribution in [0.5, 0.6) is 0 Å². The molecule has 1 aromatic heterocycles. The third kappa shape index (κ3) is 4.68. The molecular formula is C28H22N4S. The van der Waals surface area contributed by atoms with Gasteiger partial charge >= 0.3 is 0 Å². The number of hydrogen-bond acceptors (Lipinski definition) is 3. The highest BCUT2D eigenvalue weighted by Gasteiger charge is 2.11. The van der Waals surface area contributed by atoms with E-state index in [2.05, 4.69) is 87.8 Å². The van der Waals surface area contributed by atoms with E-state index in [0.29, 0.717) is 4.77 Å². The zero-order valence-corrected chi connectivity index (χ0v) is 18.7. The van der Waals surface area contributed by atoms with Crippen molar-refractivity contribution in [1.82, 2.24) is 9.66 Å². The van der Waals surface area contributed by atoms with E-state index >= 15 is 0 Å². The van der Waals surface area contributed by atoms with Crippen LogP contribution in [0, 0.1) is 4.77 Å². The van der Waals surface area contributed by atoms with Gasteiger partial charge < -0.3 is 9.88 Å². The van der Waals surface area contributed by atoms with Crippen LogP contribution in [0.4, 0.5) is 17.1 Å². The minimum absolute atomic E-state index is 0.557. The monoisotopic (exact) mass is 446 g/mol. The van der Waals surface area contributed by atoms with Gasteiger partial charge in [0.2, 0.25) is 0 Å². The van der Waals surface area contributed by atoms with Crippen molar-refractivity contribution in [2.24, 2.45) is 5.10 Å². The summed E-state index contributed by atoms with van der Waals surface area (Å²) in [6, 6.07) is 39.1. The van der Waals surface area contributed by atoms with Gasteiger partial charge in [0.25, 0.3) is 0 Å². The number of rotatable bonds is 6. The number of aromatic nitrogens is 2. The van der Waals surface area contributed by atoms with Crippen LogP contribution in [0.1, 0.15) is 5.56 Å². The third-order valence-corrected chi connectivity index (χ3v) is 5.59. The van der Waals surface area contributed by atoms with Crippen LogP contribution in [0.3, 0.4) is 0 Å². The maximum atomic E-state index is 5.44. The average Bonchev–Trinajstić information content (AvgIpc) is 3.26. The fourth-order valence-electron chi connectivity index (χ4n) is 3.68. The summed E-state index contributed by atoms with van der Waals surface area (Å²) in [5.41, 5.74) is 6.30. The molecule has 5 rings (SSSR count). The number of benzene rings is 4. The Kier molecular flexibility index (Phi) is 5.95. The quantitative estimate of drug-likeness (QED) is 0.216. The lowest BCUT2D eigenvalue weighted by Gasteiger charge is -2.25. The van der Waals surface area contributed by atoms with Gasteiger partial charge in [0.05, 0.1) is 18.1 Å². The molecule has 0 aliphatic heterocycles.